The van der Waals surface area contributed by atoms with Gasteiger partial charge in [-0.05, 0) is 80.4 Å². The summed E-state index contributed by atoms with van der Waals surface area (Å²) in [4.78, 5) is 0. The predicted octanol–water partition coefficient (Wildman–Crippen LogP) is 6.90. The third-order valence-corrected chi connectivity index (χ3v) is 7.57. The quantitative estimate of drug-likeness (QED) is 0.255. The average molecular weight is 472 g/mol. The van der Waals surface area contributed by atoms with Crippen molar-refractivity contribution in [3.63, 3.8) is 0 Å². The number of benzene rings is 6. The van der Waals surface area contributed by atoms with Gasteiger partial charge in [0.2, 0.25) is 0 Å². The topological polar surface area (TPSA) is 18.5 Å². The molecule has 0 saturated carbocycles. The van der Waals surface area contributed by atoms with Crippen molar-refractivity contribution in [2.45, 2.75) is 0 Å². The first-order valence-corrected chi connectivity index (χ1v) is 12.6. The minimum absolute atomic E-state index is 0.0825. The molecule has 2 aliphatic heterocycles. The molecule has 8 rings (SSSR count). The third kappa shape index (κ3) is 3.14. The van der Waals surface area contributed by atoms with Crippen LogP contribution in [-0.2, 0) is 0 Å². The van der Waals surface area contributed by atoms with Crippen LogP contribution in [0.2, 0.25) is 0 Å². The molecule has 0 bridgehead atoms. The Morgan fingerprint density at radius 2 is 0.892 bits per heavy atom. The van der Waals surface area contributed by atoms with E-state index in [0.717, 1.165) is 39.6 Å². The van der Waals surface area contributed by atoms with E-state index in [9.17, 15) is 0 Å². The van der Waals surface area contributed by atoms with Crippen LogP contribution in [-0.4, -0.2) is 6.71 Å². The highest BCUT2D eigenvalue weighted by Crippen LogP contribution is 2.42. The maximum atomic E-state index is 6.55. The zero-order valence-electron chi connectivity index (χ0n) is 20.0. The van der Waals surface area contributed by atoms with Crippen LogP contribution in [0.25, 0.3) is 33.0 Å². The molecule has 0 unspecified atom stereocenters. The number of fused-ring (bicyclic) bond motifs is 5. The average Bonchev–Trinajstić information content (AvgIpc) is 2.96. The van der Waals surface area contributed by atoms with Crippen LogP contribution in [0.5, 0.6) is 23.0 Å². The summed E-state index contributed by atoms with van der Waals surface area (Å²) in [6.45, 7) is 0.0825. The highest BCUT2D eigenvalue weighted by Gasteiger charge is 2.40. The molecular weight excluding hydrogens is 451 g/mol. The van der Waals surface area contributed by atoms with E-state index in [1.54, 1.807) is 0 Å². The van der Waals surface area contributed by atoms with Gasteiger partial charge in [-0.1, -0.05) is 91.0 Å². The molecule has 6 aromatic rings. The summed E-state index contributed by atoms with van der Waals surface area (Å²) in [6.07, 6.45) is 0. The first-order chi connectivity index (χ1) is 18.3. The number of rotatable bonds is 2. The number of hydrogen-bond acceptors (Lipinski definition) is 2. The summed E-state index contributed by atoms with van der Waals surface area (Å²) in [5, 5.41) is 2.43. The lowest BCUT2D eigenvalue weighted by atomic mass is 9.35. The number of hydrogen-bond donors (Lipinski definition) is 0. The Balaban J connectivity index is 1.40. The van der Waals surface area contributed by atoms with Gasteiger partial charge in [0.1, 0.15) is 23.0 Å². The van der Waals surface area contributed by atoms with Crippen LogP contribution < -0.4 is 25.9 Å². The van der Waals surface area contributed by atoms with Crippen molar-refractivity contribution in [2.75, 3.05) is 0 Å². The summed E-state index contributed by atoms with van der Waals surface area (Å²) >= 11 is 0. The molecule has 0 spiro atoms. The molecule has 2 heterocycles. The van der Waals surface area contributed by atoms with Gasteiger partial charge in [-0.3, -0.25) is 0 Å². The van der Waals surface area contributed by atoms with Gasteiger partial charge in [0, 0.05) is 5.46 Å². The van der Waals surface area contributed by atoms with Gasteiger partial charge in [-0.25, -0.2) is 0 Å². The normalized spacial score (nSPS) is 12.7. The van der Waals surface area contributed by atoms with Gasteiger partial charge in [-0.2, -0.15) is 0 Å². The maximum Gasteiger partial charge on any atom is 0.260 e. The monoisotopic (exact) mass is 472 g/mol. The fourth-order valence-corrected chi connectivity index (χ4v) is 5.89. The minimum atomic E-state index is 0.0825. The second-order valence-electron chi connectivity index (χ2n) is 9.71. The van der Waals surface area contributed by atoms with E-state index < -0.39 is 0 Å². The van der Waals surface area contributed by atoms with Crippen LogP contribution >= 0.6 is 0 Å². The van der Waals surface area contributed by atoms with E-state index in [-0.39, 0.29) is 6.71 Å². The minimum Gasteiger partial charge on any atom is -0.458 e. The van der Waals surface area contributed by atoms with Gasteiger partial charge in [0.25, 0.3) is 6.71 Å². The van der Waals surface area contributed by atoms with Crippen LogP contribution in [0.1, 0.15) is 0 Å². The van der Waals surface area contributed by atoms with E-state index in [1.807, 2.05) is 12.1 Å². The van der Waals surface area contributed by atoms with Crippen molar-refractivity contribution >= 4 is 33.9 Å². The van der Waals surface area contributed by atoms with E-state index in [1.165, 1.54) is 32.8 Å². The SMILES string of the molecule is c1ccc(-c2cc3ccccc3cc2-c2cc3c4c(c2)Oc2ccccc2B4c2ccccc2O3)cc1. The fraction of sp³-hybridized carbons (Fsp3) is 0. The molecule has 0 amide bonds. The van der Waals surface area contributed by atoms with Crippen LogP contribution in [0, 0.1) is 0 Å². The highest BCUT2D eigenvalue weighted by atomic mass is 16.5. The molecule has 2 nitrogen and oxygen atoms in total. The van der Waals surface area contributed by atoms with Crippen molar-refractivity contribution in [1.82, 2.24) is 0 Å². The molecule has 3 heteroatoms. The Kier molecular flexibility index (Phi) is 4.35. The van der Waals surface area contributed by atoms with Crippen molar-refractivity contribution < 1.29 is 9.47 Å². The molecule has 0 aliphatic carbocycles. The first-order valence-electron chi connectivity index (χ1n) is 12.6. The molecule has 0 atom stereocenters. The largest absolute Gasteiger partial charge is 0.458 e. The van der Waals surface area contributed by atoms with E-state index in [0.29, 0.717) is 0 Å². The zero-order chi connectivity index (χ0) is 24.3. The van der Waals surface area contributed by atoms with E-state index in [2.05, 4.69) is 115 Å². The van der Waals surface area contributed by atoms with Crippen molar-refractivity contribution in [3.8, 4) is 45.3 Å². The molecule has 6 aromatic carbocycles. The smallest absolute Gasteiger partial charge is 0.260 e. The first kappa shape index (κ1) is 20.4. The van der Waals surface area contributed by atoms with E-state index in [4.69, 9.17) is 9.47 Å². The molecule has 0 fully saturated rings. The Bertz CT molecular complexity index is 1770. The summed E-state index contributed by atoms with van der Waals surface area (Å²) in [5.41, 5.74) is 8.07. The second kappa shape index (κ2) is 7.87. The Labute approximate surface area is 215 Å². The Morgan fingerprint density at radius 3 is 1.49 bits per heavy atom. The van der Waals surface area contributed by atoms with Crippen LogP contribution in [0.4, 0.5) is 0 Å². The van der Waals surface area contributed by atoms with Gasteiger partial charge in [0.05, 0.1) is 0 Å². The van der Waals surface area contributed by atoms with Crippen LogP contribution in [0.15, 0.2) is 127 Å². The summed E-state index contributed by atoms with van der Waals surface area (Å²) in [6, 6.07) is 44.8. The number of ether oxygens (including phenoxy) is 2. The van der Waals surface area contributed by atoms with Gasteiger partial charge < -0.3 is 9.47 Å². The molecule has 0 radical (unpaired) electrons. The lowest BCUT2D eigenvalue weighted by molar-refractivity contribution is 0.465. The van der Waals surface area contributed by atoms with Crippen LogP contribution in [0.3, 0.4) is 0 Å². The van der Waals surface area contributed by atoms with Crippen molar-refractivity contribution in [2.24, 2.45) is 0 Å². The van der Waals surface area contributed by atoms with Gasteiger partial charge in [0.15, 0.2) is 0 Å². The van der Waals surface area contributed by atoms with Gasteiger partial charge in [-0.15, -0.1) is 0 Å². The third-order valence-electron chi connectivity index (χ3n) is 7.57. The highest BCUT2D eigenvalue weighted by molar-refractivity contribution is 6.98. The molecule has 0 saturated heterocycles. The fourth-order valence-electron chi connectivity index (χ4n) is 5.89. The molecular formula is C34H21BO2. The zero-order valence-corrected chi connectivity index (χ0v) is 20.0. The molecule has 37 heavy (non-hydrogen) atoms. The molecule has 0 aromatic heterocycles. The van der Waals surface area contributed by atoms with Crippen molar-refractivity contribution in [1.29, 1.82) is 0 Å². The lowest BCUT2D eigenvalue weighted by Gasteiger charge is -2.33. The van der Waals surface area contributed by atoms with Crippen molar-refractivity contribution in [3.05, 3.63) is 127 Å². The molecule has 172 valence electrons. The summed E-state index contributed by atoms with van der Waals surface area (Å²) in [7, 11) is 0. The number of para-hydroxylation sites is 2. The second-order valence-corrected chi connectivity index (χ2v) is 9.71. The maximum absolute atomic E-state index is 6.55. The Hall–Kier alpha value is -4.76. The Morgan fingerprint density at radius 1 is 0.405 bits per heavy atom. The lowest BCUT2D eigenvalue weighted by Crippen LogP contribution is -2.57. The predicted molar refractivity (Wildman–Crippen MR) is 153 cm³/mol. The summed E-state index contributed by atoms with van der Waals surface area (Å²) < 4.78 is 13.1. The standard InChI is InChI=1S/C34H21BO2/c1-2-10-22(11-3-1)26-18-23-12-4-5-13-24(23)19-27(26)25-20-32-34-33(21-25)37-31-17-9-7-15-29(31)35(34)28-14-6-8-16-30(28)36-32/h1-21H. The van der Waals surface area contributed by atoms with E-state index >= 15 is 0 Å². The van der Waals surface area contributed by atoms with Gasteiger partial charge >= 0.3 is 0 Å². The summed E-state index contributed by atoms with van der Waals surface area (Å²) in [5.74, 6) is 3.53. The molecule has 2 aliphatic rings. The molecule has 0 N–H and O–H groups in total.